The summed E-state index contributed by atoms with van der Waals surface area (Å²) in [6, 6.07) is 4.18. The van der Waals surface area contributed by atoms with Crippen molar-refractivity contribution in [3.05, 3.63) is 29.6 Å². The zero-order chi connectivity index (χ0) is 15.5. The fourth-order valence-electron chi connectivity index (χ4n) is 3.09. The summed E-state index contributed by atoms with van der Waals surface area (Å²) in [6.45, 7) is 3.21. The molecule has 1 aliphatic carbocycles. The summed E-state index contributed by atoms with van der Waals surface area (Å²) in [6.07, 6.45) is 6.96. The molecule has 1 N–H and O–H groups in total. The number of amides is 2. The summed E-state index contributed by atoms with van der Waals surface area (Å²) >= 11 is 0. The van der Waals surface area contributed by atoms with Gasteiger partial charge in [0, 0.05) is 43.9 Å². The zero-order valence-corrected chi connectivity index (χ0v) is 13.0. The van der Waals surface area contributed by atoms with Gasteiger partial charge in [0.05, 0.1) is 5.56 Å². The summed E-state index contributed by atoms with van der Waals surface area (Å²) in [5.74, 6) is 0.518. The van der Waals surface area contributed by atoms with E-state index in [0.717, 1.165) is 44.5 Å². The molecule has 1 aromatic heterocycles. The van der Waals surface area contributed by atoms with E-state index in [1.165, 1.54) is 6.42 Å². The van der Waals surface area contributed by atoms with Crippen molar-refractivity contribution in [3.63, 3.8) is 0 Å². The molecule has 0 bridgehead atoms. The largest absolute Gasteiger partial charge is 0.349 e. The number of rotatable bonds is 3. The molecule has 1 aromatic rings. The Kier molecular flexibility index (Phi) is 4.41. The van der Waals surface area contributed by atoms with E-state index in [-0.39, 0.29) is 11.8 Å². The standard InChI is InChI=1S/C17H23N3O2/c1-12(21)20-9-7-13(8-10-20)16-6-5-14(11-18-16)17(22)19-15-3-2-4-15/h5-6,11,13,15H,2-4,7-10H2,1H3,(H,19,22). The van der Waals surface area contributed by atoms with Crippen LogP contribution in [0.5, 0.6) is 0 Å². The van der Waals surface area contributed by atoms with E-state index < -0.39 is 0 Å². The predicted molar refractivity (Wildman–Crippen MR) is 83.6 cm³/mol. The van der Waals surface area contributed by atoms with E-state index in [9.17, 15) is 9.59 Å². The molecular formula is C17H23N3O2. The van der Waals surface area contributed by atoms with Gasteiger partial charge in [-0.15, -0.1) is 0 Å². The molecule has 22 heavy (non-hydrogen) atoms. The SMILES string of the molecule is CC(=O)N1CCC(c2ccc(C(=O)NC3CCC3)cn2)CC1. The number of hydrogen-bond acceptors (Lipinski definition) is 3. The van der Waals surface area contributed by atoms with Crippen molar-refractivity contribution < 1.29 is 9.59 Å². The molecule has 0 radical (unpaired) electrons. The smallest absolute Gasteiger partial charge is 0.253 e. The second-order valence-electron chi connectivity index (χ2n) is 6.35. The van der Waals surface area contributed by atoms with Gasteiger partial charge in [-0.1, -0.05) is 0 Å². The van der Waals surface area contributed by atoms with Crippen molar-refractivity contribution in [1.82, 2.24) is 15.2 Å². The van der Waals surface area contributed by atoms with Crippen molar-refractivity contribution in [3.8, 4) is 0 Å². The maximum atomic E-state index is 12.1. The van der Waals surface area contributed by atoms with Crippen LogP contribution in [0.15, 0.2) is 18.3 Å². The van der Waals surface area contributed by atoms with E-state index in [1.54, 1.807) is 13.1 Å². The lowest BCUT2D eigenvalue weighted by Crippen LogP contribution is -2.39. The number of likely N-dealkylation sites (tertiary alicyclic amines) is 1. The third kappa shape index (κ3) is 3.29. The molecule has 0 unspecified atom stereocenters. The normalized spacial score (nSPS) is 19.6. The molecule has 1 aliphatic heterocycles. The Labute approximate surface area is 131 Å². The third-order valence-corrected chi connectivity index (χ3v) is 4.85. The van der Waals surface area contributed by atoms with Crippen LogP contribution >= 0.6 is 0 Å². The Hall–Kier alpha value is -1.91. The Morgan fingerprint density at radius 3 is 2.41 bits per heavy atom. The maximum Gasteiger partial charge on any atom is 0.253 e. The molecule has 0 atom stereocenters. The summed E-state index contributed by atoms with van der Waals surface area (Å²) in [5.41, 5.74) is 1.67. The summed E-state index contributed by atoms with van der Waals surface area (Å²) in [7, 11) is 0. The second-order valence-corrected chi connectivity index (χ2v) is 6.35. The molecule has 2 amide bonds. The van der Waals surface area contributed by atoms with E-state index in [0.29, 0.717) is 17.5 Å². The van der Waals surface area contributed by atoms with Crippen LogP contribution in [0.25, 0.3) is 0 Å². The number of nitrogens with one attached hydrogen (secondary N) is 1. The second kappa shape index (κ2) is 6.46. The van der Waals surface area contributed by atoms with E-state index in [2.05, 4.69) is 10.3 Å². The number of piperidine rings is 1. The Morgan fingerprint density at radius 2 is 1.91 bits per heavy atom. The molecular weight excluding hydrogens is 278 g/mol. The molecule has 2 aliphatic rings. The zero-order valence-electron chi connectivity index (χ0n) is 13.0. The molecule has 5 heteroatoms. The first-order valence-electron chi connectivity index (χ1n) is 8.16. The van der Waals surface area contributed by atoms with Crippen molar-refractivity contribution in [2.75, 3.05) is 13.1 Å². The first kappa shape index (κ1) is 15.0. The summed E-state index contributed by atoms with van der Waals surface area (Å²) < 4.78 is 0. The van der Waals surface area contributed by atoms with Gasteiger partial charge in [-0.2, -0.15) is 0 Å². The van der Waals surface area contributed by atoms with Crippen molar-refractivity contribution in [2.24, 2.45) is 0 Å². The van der Waals surface area contributed by atoms with Gasteiger partial charge < -0.3 is 10.2 Å². The number of nitrogens with zero attached hydrogens (tertiary/aromatic N) is 2. The van der Waals surface area contributed by atoms with Crippen molar-refractivity contribution >= 4 is 11.8 Å². The molecule has 2 fully saturated rings. The number of hydrogen-bond donors (Lipinski definition) is 1. The molecule has 118 valence electrons. The van der Waals surface area contributed by atoms with Crippen LogP contribution in [0.2, 0.25) is 0 Å². The van der Waals surface area contributed by atoms with Gasteiger partial charge in [0.25, 0.3) is 5.91 Å². The van der Waals surface area contributed by atoms with Gasteiger partial charge in [0.2, 0.25) is 5.91 Å². The lowest BCUT2D eigenvalue weighted by molar-refractivity contribution is -0.129. The highest BCUT2D eigenvalue weighted by molar-refractivity contribution is 5.94. The van der Waals surface area contributed by atoms with Gasteiger partial charge in [0.1, 0.15) is 0 Å². The highest BCUT2D eigenvalue weighted by Gasteiger charge is 2.23. The quantitative estimate of drug-likeness (QED) is 0.930. The Bertz CT molecular complexity index is 544. The summed E-state index contributed by atoms with van der Waals surface area (Å²) in [5, 5.41) is 3.03. The van der Waals surface area contributed by atoms with Crippen LogP contribution in [0.4, 0.5) is 0 Å². The number of carbonyl (C=O) groups is 2. The van der Waals surface area contributed by atoms with Crippen LogP contribution in [-0.2, 0) is 4.79 Å². The van der Waals surface area contributed by atoms with Gasteiger partial charge >= 0.3 is 0 Å². The number of pyridine rings is 1. The lowest BCUT2D eigenvalue weighted by Gasteiger charge is -2.31. The fourth-order valence-corrected chi connectivity index (χ4v) is 3.09. The van der Waals surface area contributed by atoms with E-state index >= 15 is 0 Å². The number of aromatic nitrogens is 1. The Balaban J connectivity index is 1.57. The molecule has 3 rings (SSSR count). The first-order valence-corrected chi connectivity index (χ1v) is 8.16. The average Bonchev–Trinajstić information content (AvgIpc) is 2.51. The van der Waals surface area contributed by atoms with E-state index in [4.69, 9.17) is 0 Å². The van der Waals surface area contributed by atoms with Gasteiger partial charge in [0.15, 0.2) is 0 Å². The highest BCUT2D eigenvalue weighted by atomic mass is 16.2. The highest BCUT2D eigenvalue weighted by Crippen LogP contribution is 2.26. The minimum Gasteiger partial charge on any atom is -0.349 e. The average molecular weight is 301 g/mol. The van der Waals surface area contributed by atoms with Crippen molar-refractivity contribution in [2.45, 2.75) is 51.0 Å². The molecule has 1 saturated carbocycles. The first-order chi connectivity index (χ1) is 10.6. The minimum absolute atomic E-state index is 0.0184. The van der Waals surface area contributed by atoms with Crippen LogP contribution in [-0.4, -0.2) is 40.8 Å². The maximum absolute atomic E-state index is 12.1. The predicted octanol–water partition coefficient (Wildman–Crippen LogP) is 2.09. The van der Waals surface area contributed by atoms with Gasteiger partial charge in [-0.3, -0.25) is 14.6 Å². The summed E-state index contributed by atoms with van der Waals surface area (Å²) in [4.78, 5) is 29.8. The molecule has 0 aromatic carbocycles. The lowest BCUT2D eigenvalue weighted by atomic mass is 9.92. The van der Waals surface area contributed by atoms with Crippen LogP contribution < -0.4 is 5.32 Å². The molecule has 0 spiro atoms. The van der Waals surface area contributed by atoms with Crippen LogP contribution in [0.1, 0.15) is 61.0 Å². The van der Waals surface area contributed by atoms with E-state index in [1.807, 2.05) is 17.0 Å². The topological polar surface area (TPSA) is 62.3 Å². The van der Waals surface area contributed by atoms with Crippen LogP contribution in [0.3, 0.4) is 0 Å². The third-order valence-electron chi connectivity index (χ3n) is 4.85. The van der Waals surface area contributed by atoms with Crippen molar-refractivity contribution in [1.29, 1.82) is 0 Å². The fraction of sp³-hybridized carbons (Fsp3) is 0.588. The monoisotopic (exact) mass is 301 g/mol. The minimum atomic E-state index is -0.0184. The van der Waals surface area contributed by atoms with Gasteiger partial charge in [-0.25, -0.2) is 0 Å². The van der Waals surface area contributed by atoms with Gasteiger partial charge in [-0.05, 0) is 44.2 Å². The number of carbonyl (C=O) groups excluding carboxylic acids is 2. The molecule has 2 heterocycles. The Morgan fingerprint density at radius 1 is 1.18 bits per heavy atom. The molecule has 5 nitrogen and oxygen atoms in total. The molecule has 1 saturated heterocycles. The van der Waals surface area contributed by atoms with Crippen LogP contribution in [0, 0.1) is 0 Å².